The van der Waals surface area contributed by atoms with Crippen molar-refractivity contribution in [2.45, 2.75) is 31.8 Å². The smallest absolute Gasteiger partial charge is 0.258 e. The predicted octanol–water partition coefficient (Wildman–Crippen LogP) is 2.96. The van der Waals surface area contributed by atoms with E-state index in [-0.39, 0.29) is 17.2 Å². The third-order valence-corrected chi connectivity index (χ3v) is 4.07. The highest BCUT2D eigenvalue weighted by molar-refractivity contribution is 6.32. The molecule has 1 aliphatic heterocycles. The van der Waals surface area contributed by atoms with Crippen LogP contribution in [0.4, 0.5) is 0 Å². The Balaban J connectivity index is 1.57. The molecule has 1 aromatic heterocycles. The van der Waals surface area contributed by atoms with Crippen molar-refractivity contribution in [3.63, 3.8) is 0 Å². The molecule has 2 aliphatic rings. The summed E-state index contributed by atoms with van der Waals surface area (Å²) >= 11 is 5.86. The highest BCUT2D eigenvalue weighted by Crippen LogP contribution is 2.30. The summed E-state index contributed by atoms with van der Waals surface area (Å²) < 4.78 is 10.9. The molecule has 2 heterocycles. The number of halogens is 1. The number of carbonyl (C=O) groups is 1. The van der Waals surface area contributed by atoms with Crippen LogP contribution < -0.4 is 0 Å². The van der Waals surface area contributed by atoms with Crippen LogP contribution in [0.3, 0.4) is 0 Å². The molecule has 0 spiro atoms. The fourth-order valence-electron chi connectivity index (χ4n) is 2.43. The van der Waals surface area contributed by atoms with Crippen LogP contribution in [0.15, 0.2) is 16.7 Å². The van der Waals surface area contributed by atoms with Crippen molar-refractivity contribution in [3.05, 3.63) is 23.1 Å². The van der Waals surface area contributed by atoms with Gasteiger partial charge in [0.2, 0.25) is 5.22 Å². The lowest BCUT2D eigenvalue weighted by Crippen LogP contribution is -2.43. The summed E-state index contributed by atoms with van der Waals surface area (Å²) in [4.78, 5) is 14.1. The third-order valence-electron chi connectivity index (χ3n) is 3.78. The van der Waals surface area contributed by atoms with Gasteiger partial charge in [-0.15, -0.1) is 0 Å². The Bertz CT molecular complexity index is 455. The van der Waals surface area contributed by atoms with Gasteiger partial charge < -0.3 is 14.1 Å². The first-order chi connectivity index (χ1) is 9.24. The first-order valence-corrected chi connectivity index (χ1v) is 7.25. The summed E-state index contributed by atoms with van der Waals surface area (Å²) in [5.41, 5.74) is 0.449. The number of amides is 1. The van der Waals surface area contributed by atoms with Gasteiger partial charge in [-0.3, -0.25) is 4.79 Å². The van der Waals surface area contributed by atoms with Gasteiger partial charge in [0.1, 0.15) is 0 Å². The average Bonchev–Trinajstić information content (AvgIpc) is 3.17. The molecule has 3 rings (SSSR count). The minimum absolute atomic E-state index is 0.0570. The van der Waals surface area contributed by atoms with E-state index in [4.69, 9.17) is 20.8 Å². The minimum atomic E-state index is -0.0570. The van der Waals surface area contributed by atoms with Crippen molar-refractivity contribution < 1.29 is 13.9 Å². The van der Waals surface area contributed by atoms with Crippen LogP contribution in [0.5, 0.6) is 0 Å². The van der Waals surface area contributed by atoms with Crippen LogP contribution in [0, 0.1) is 5.92 Å². The standard InChI is InChI=1S/C14H18ClNO3/c15-13-12(5-7-18-13)14(17)16-6-1-2-11(8-16)19-9-10-3-4-10/h5,7,10-11H,1-4,6,8-9H2. The van der Waals surface area contributed by atoms with Gasteiger partial charge in [0.25, 0.3) is 5.91 Å². The van der Waals surface area contributed by atoms with Gasteiger partial charge in [0, 0.05) is 19.7 Å². The molecule has 0 radical (unpaired) electrons. The molecule has 1 saturated carbocycles. The molecule has 4 nitrogen and oxygen atoms in total. The number of hydrogen-bond donors (Lipinski definition) is 0. The topological polar surface area (TPSA) is 42.7 Å². The zero-order valence-corrected chi connectivity index (χ0v) is 11.6. The van der Waals surface area contributed by atoms with Crippen molar-refractivity contribution in [1.29, 1.82) is 0 Å². The molecule has 104 valence electrons. The number of nitrogens with zero attached hydrogens (tertiary/aromatic N) is 1. The van der Waals surface area contributed by atoms with Crippen LogP contribution in [0.25, 0.3) is 0 Å². The lowest BCUT2D eigenvalue weighted by Gasteiger charge is -2.32. The monoisotopic (exact) mass is 283 g/mol. The molecule has 19 heavy (non-hydrogen) atoms. The van der Waals surface area contributed by atoms with Crippen LogP contribution in [0.1, 0.15) is 36.0 Å². The second-order valence-electron chi connectivity index (χ2n) is 5.40. The summed E-state index contributed by atoms with van der Waals surface area (Å²) in [5, 5.41) is 0.172. The summed E-state index contributed by atoms with van der Waals surface area (Å²) in [6, 6.07) is 1.62. The highest BCUT2D eigenvalue weighted by Gasteiger charge is 2.29. The van der Waals surface area contributed by atoms with Crippen LogP contribution in [-0.2, 0) is 4.74 Å². The van der Waals surface area contributed by atoms with Crippen molar-refractivity contribution in [2.24, 2.45) is 5.92 Å². The van der Waals surface area contributed by atoms with E-state index < -0.39 is 0 Å². The molecule has 1 saturated heterocycles. The van der Waals surface area contributed by atoms with E-state index in [9.17, 15) is 4.79 Å². The van der Waals surface area contributed by atoms with E-state index in [1.165, 1.54) is 19.1 Å². The zero-order valence-electron chi connectivity index (χ0n) is 10.8. The molecule has 2 fully saturated rings. The molecule has 0 bridgehead atoms. The Labute approximate surface area is 117 Å². The largest absolute Gasteiger partial charge is 0.452 e. The Hall–Kier alpha value is -1.00. The van der Waals surface area contributed by atoms with Gasteiger partial charge >= 0.3 is 0 Å². The summed E-state index contributed by atoms with van der Waals surface area (Å²) in [6.45, 7) is 2.27. The Morgan fingerprint density at radius 3 is 3.00 bits per heavy atom. The number of carbonyl (C=O) groups excluding carboxylic acids is 1. The van der Waals surface area contributed by atoms with Gasteiger partial charge in [0.15, 0.2) is 0 Å². The van der Waals surface area contributed by atoms with Gasteiger partial charge in [-0.05, 0) is 49.3 Å². The number of piperidine rings is 1. The Kier molecular flexibility index (Phi) is 3.80. The quantitative estimate of drug-likeness (QED) is 0.853. The van der Waals surface area contributed by atoms with E-state index in [0.29, 0.717) is 12.1 Å². The van der Waals surface area contributed by atoms with Crippen LogP contribution >= 0.6 is 11.6 Å². The number of hydrogen-bond acceptors (Lipinski definition) is 3. The number of rotatable bonds is 4. The Morgan fingerprint density at radius 1 is 1.47 bits per heavy atom. The molecule has 1 aliphatic carbocycles. The molecule has 1 aromatic rings. The van der Waals surface area contributed by atoms with Crippen LogP contribution in [0.2, 0.25) is 5.22 Å². The minimum Gasteiger partial charge on any atom is -0.452 e. The van der Waals surface area contributed by atoms with E-state index >= 15 is 0 Å². The average molecular weight is 284 g/mol. The maximum Gasteiger partial charge on any atom is 0.258 e. The predicted molar refractivity (Wildman–Crippen MR) is 71.3 cm³/mol. The molecule has 1 amide bonds. The second-order valence-corrected chi connectivity index (χ2v) is 5.74. The molecule has 0 N–H and O–H groups in total. The second kappa shape index (κ2) is 5.55. The first kappa shape index (κ1) is 13.0. The lowest BCUT2D eigenvalue weighted by molar-refractivity contribution is -0.00243. The molecular formula is C14H18ClNO3. The van der Waals surface area contributed by atoms with E-state index in [1.54, 1.807) is 6.07 Å². The van der Waals surface area contributed by atoms with Gasteiger partial charge in [0.05, 0.1) is 17.9 Å². The molecule has 0 aromatic carbocycles. The summed E-state index contributed by atoms with van der Waals surface area (Å²) in [5.74, 6) is 0.702. The molecule has 1 atom stereocenters. The van der Waals surface area contributed by atoms with E-state index in [0.717, 1.165) is 31.9 Å². The van der Waals surface area contributed by atoms with Crippen molar-refractivity contribution in [3.8, 4) is 0 Å². The fourth-order valence-corrected chi connectivity index (χ4v) is 2.63. The molecule has 5 heteroatoms. The van der Waals surface area contributed by atoms with Gasteiger partial charge in [-0.25, -0.2) is 0 Å². The maximum atomic E-state index is 12.3. The van der Waals surface area contributed by atoms with Gasteiger partial charge in [-0.1, -0.05) is 0 Å². The fraction of sp³-hybridized carbons (Fsp3) is 0.643. The number of furan rings is 1. The summed E-state index contributed by atoms with van der Waals surface area (Å²) in [6.07, 6.45) is 6.22. The Morgan fingerprint density at radius 2 is 2.32 bits per heavy atom. The van der Waals surface area contributed by atoms with Crippen LogP contribution in [-0.4, -0.2) is 36.6 Å². The van der Waals surface area contributed by atoms with Crippen molar-refractivity contribution >= 4 is 17.5 Å². The summed E-state index contributed by atoms with van der Waals surface area (Å²) in [7, 11) is 0. The lowest BCUT2D eigenvalue weighted by atomic mass is 10.1. The third kappa shape index (κ3) is 3.12. The highest BCUT2D eigenvalue weighted by atomic mass is 35.5. The van der Waals surface area contributed by atoms with Gasteiger partial charge in [-0.2, -0.15) is 0 Å². The maximum absolute atomic E-state index is 12.3. The van der Waals surface area contributed by atoms with E-state index in [1.807, 2.05) is 4.90 Å². The number of ether oxygens (including phenoxy) is 1. The first-order valence-electron chi connectivity index (χ1n) is 6.88. The van der Waals surface area contributed by atoms with E-state index in [2.05, 4.69) is 0 Å². The van der Waals surface area contributed by atoms with Crippen molar-refractivity contribution in [2.75, 3.05) is 19.7 Å². The normalized spacial score (nSPS) is 23.6. The molecular weight excluding hydrogens is 266 g/mol. The zero-order chi connectivity index (χ0) is 13.2. The number of likely N-dealkylation sites (tertiary alicyclic amines) is 1. The van der Waals surface area contributed by atoms with Crippen molar-refractivity contribution in [1.82, 2.24) is 4.90 Å². The SMILES string of the molecule is O=C(c1ccoc1Cl)N1CCCC(OCC2CC2)C1. The molecule has 1 unspecified atom stereocenters.